The first-order valence-electron chi connectivity index (χ1n) is 14.3. The number of nitrogens with zero attached hydrogens (tertiary/aromatic N) is 3. The van der Waals surface area contributed by atoms with E-state index in [2.05, 4.69) is 36.5 Å². The van der Waals surface area contributed by atoms with Crippen molar-refractivity contribution in [1.82, 2.24) is 15.4 Å². The van der Waals surface area contributed by atoms with Gasteiger partial charge in [-0.2, -0.15) is 0 Å². The Morgan fingerprint density at radius 2 is 1.88 bits per heavy atom. The molecule has 2 aliphatic rings. The molecule has 2 amide bonds. The van der Waals surface area contributed by atoms with Gasteiger partial charge in [-0.1, -0.05) is 46.6 Å². The zero-order valence-electron chi connectivity index (χ0n) is 24.0. The van der Waals surface area contributed by atoms with Gasteiger partial charge in [-0.3, -0.25) is 14.5 Å². The van der Waals surface area contributed by atoms with Gasteiger partial charge < -0.3 is 19.5 Å². The lowest BCUT2D eigenvalue weighted by molar-refractivity contribution is -0.136. The van der Waals surface area contributed by atoms with Gasteiger partial charge in [-0.15, -0.1) is 0 Å². The van der Waals surface area contributed by atoms with Crippen LogP contribution in [0, 0.1) is 13.8 Å². The molecule has 1 saturated carbocycles. The maximum absolute atomic E-state index is 14.0. The molecule has 222 valence electrons. The molecule has 10 heteroatoms. The highest BCUT2D eigenvalue weighted by Crippen LogP contribution is 2.33. The molecule has 4 aromatic rings. The van der Waals surface area contributed by atoms with Crippen molar-refractivity contribution in [2.75, 3.05) is 18.0 Å². The summed E-state index contributed by atoms with van der Waals surface area (Å²) < 4.78 is 11.4. The standard InChI is InChI=1S/C33H32Cl2N4O4/c1-20-4-3-5-22(21(20)2)18-38(24-7-8-24)33(41)31-16-36-17-32(40)39(31)25-9-11-26(12-10-25)42-19-27-15-30(37-43-27)28-13-6-23(34)14-29(28)35/h3-6,9-15,24,31,36H,7-8,16-19H2,1-2H3/t31-/m1/s1. The summed E-state index contributed by atoms with van der Waals surface area (Å²) in [6, 6.07) is 19.9. The van der Waals surface area contributed by atoms with Crippen molar-refractivity contribution in [3.8, 4) is 17.0 Å². The van der Waals surface area contributed by atoms with Gasteiger partial charge in [0.15, 0.2) is 5.76 Å². The molecule has 0 unspecified atom stereocenters. The van der Waals surface area contributed by atoms with Crippen LogP contribution in [0.25, 0.3) is 11.3 Å². The molecular weight excluding hydrogens is 587 g/mol. The van der Waals surface area contributed by atoms with E-state index in [1.54, 1.807) is 41.3 Å². The van der Waals surface area contributed by atoms with Gasteiger partial charge in [0.25, 0.3) is 0 Å². The third-order valence-corrected chi connectivity index (χ3v) is 8.62. The van der Waals surface area contributed by atoms with Gasteiger partial charge in [-0.25, -0.2) is 0 Å². The number of hydrogen-bond acceptors (Lipinski definition) is 6. The Labute approximate surface area is 260 Å². The molecule has 3 aromatic carbocycles. The molecule has 1 aliphatic heterocycles. The van der Waals surface area contributed by atoms with E-state index in [1.165, 1.54) is 11.1 Å². The zero-order valence-corrected chi connectivity index (χ0v) is 25.5. The number of anilines is 1. The number of piperazine rings is 1. The minimum Gasteiger partial charge on any atom is -0.486 e. The van der Waals surface area contributed by atoms with E-state index in [0.717, 1.165) is 18.4 Å². The number of aryl methyl sites for hydroxylation is 1. The van der Waals surface area contributed by atoms with Crippen molar-refractivity contribution in [2.45, 2.75) is 51.9 Å². The Balaban J connectivity index is 1.15. The lowest BCUT2D eigenvalue weighted by Crippen LogP contribution is -2.61. The van der Waals surface area contributed by atoms with Crippen LogP contribution in [-0.2, 0) is 22.7 Å². The van der Waals surface area contributed by atoms with Gasteiger partial charge in [0, 0.05) is 41.5 Å². The SMILES string of the molecule is Cc1cccc(CN(C(=O)[C@H]2CNCC(=O)N2c2ccc(OCc3cc(-c4ccc(Cl)cc4Cl)no3)cc2)C2CC2)c1C. The normalized spacial score (nSPS) is 16.8. The number of ether oxygens (including phenoxy) is 1. The van der Waals surface area contributed by atoms with E-state index in [9.17, 15) is 9.59 Å². The van der Waals surface area contributed by atoms with Crippen molar-refractivity contribution in [3.63, 3.8) is 0 Å². The molecule has 1 aliphatic carbocycles. The lowest BCUT2D eigenvalue weighted by atomic mass is 10.0. The maximum atomic E-state index is 14.0. The minimum atomic E-state index is -0.633. The number of halogens is 2. The first-order valence-corrected chi connectivity index (χ1v) is 15.1. The first-order chi connectivity index (χ1) is 20.8. The van der Waals surface area contributed by atoms with Crippen LogP contribution in [0.3, 0.4) is 0 Å². The molecule has 1 N–H and O–H groups in total. The van der Waals surface area contributed by atoms with Crippen LogP contribution in [0.1, 0.15) is 35.3 Å². The van der Waals surface area contributed by atoms with Gasteiger partial charge in [0.05, 0.1) is 11.6 Å². The summed E-state index contributed by atoms with van der Waals surface area (Å²) >= 11 is 12.3. The molecule has 0 bridgehead atoms. The molecule has 1 aromatic heterocycles. The van der Waals surface area contributed by atoms with Crippen molar-refractivity contribution in [1.29, 1.82) is 0 Å². The maximum Gasteiger partial charge on any atom is 0.247 e. The molecule has 8 nitrogen and oxygen atoms in total. The fourth-order valence-corrected chi connectivity index (χ4v) is 5.89. The number of rotatable bonds is 9. The molecule has 0 spiro atoms. The number of aromatic nitrogens is 1. The van der Waals surface area contributed by atoms with E-state index in [0.29, 0.717) is 51.6 Å². The van der Waals surface area contributed by atoms with Gasteiger partial charge in [0.2, 0.25) is 11.8 Å². The van der Waals surface area contributed by atoms with E-state index in [1.807, 2.05) is 23.1 Å². The monoisotopic (exact) mass is 618 g/mol. The molecule has 6 rings (SSSR count). The summed E-state index contributed by atoms with van der Waals surface area (Å²) in [4.78, 5) is 30.8. The largest absolute Gasteiger partial charge is 0.486 e. The van der Waals surface area contributed by atoms with Crippen LogP contribution < -0.4 is 15.0 Å². The fourth-order valence-electron chi connectivity index (χ4n) is 5.38. The van der Waals surface area contributed by atoms with E-state index in [-0.39, 0.29) is 31.0 Å². The molecule has 2 heterocycles. The molecule has 2 fully saturated rings. The minimum absolute atomic E-state index is 0.0359. The van der Waals surface area contributed by atoms with E-state index in [4.69, 9.17) is 32.5 Å². The summed E-state index contributed by atoms with van der Waals surface area (Å²) in [5.74, 6) is 0.935. The van der Waals surface area contributed by atoms with Crippen LogP contribution >= 0.6 is 23.2 Å². The van der Waals surface area contributed by atoms with Crippen molar-refractivity contribution in [2.24, 2.45) is 0 Å². The predicted molar refractivity (Wildman–Crippen MR) is 166 cm³/mol. The summed E-state index contributed by atoms with van der Waals surface area (Å²) in [6.07, 6.45) is 1.96. The Bertz CT molecular complexity index is 1650. The first kappa shape index (κ1) is 29.2. The highest BCUT2D eigenvalue weighted by molar-refractivity contribution is 6.36. The Kier molecular flexibility index (Phi) is 8.43. The third kappa shape index (κ3) is 6.42. The summed E-state index contributed by atoms with van der Waals surface area (Å²) in [7, 11) is 0. The van der Waals surface area contributed by atoms with Crippen LogP contribution in [0.5, 0.6) is 5.75 Å². The Morgan fingerprint density at radius 3 is 2.63 bits per heavy atom. The van der Waals surface area contributed by atoms with Crippen LogP contribution in [0.15, 0.2) is 71.3 Å². The summed E-state index contributed by atoms with van der Waals surface area (Å²) in [6.45, 7) is 5.44. The summed E-state index contributed by atoms with van der Waals surface area (Å²) in [5.41, 5.74) is 5.48. The smallest absolute Gasteiger partial charge is 0.247 e. The van der Waals surface area contributed by atoms with Crippen LogP contribution in [0.4, 0.5) is 5.69 Å². The second-order valence-electron chi connectivity index (χ2n) is 11.1. The number of carbonyl (C=O) groups excluding carboxylic acids is 2. The fraction of sp³-hybridized carbons (Fsp3) is 0.303. The highest BCUT2D eigenvalue weighted by Gasteiger charge is 2.41. The quantitative estimate of drug-likeness (QED) is 0.235. The number of benzene rings is 3. The van der Waals surface area contributed by atoms with Crippen LogP contribution in [-0.4, -0.2) is 47.0 Å². The van der Waals surface area contributed by atoms with Gasteiger partial charge in [0.1, 0.15) is 24.1 Å². The Hall–Kier alpha value is -3.85. The number of nitrogens with one attached hydrogen (secondary N) is 1. The average Bonchev–Trinajstić information content (AvgIpc) is 3.73. The second kappa shape index (κ2) is 12.4. The zero-order chi connectivity index (χ0) is 30.1. The van der Waals surface area contributed by atoms with E-state index >= 15 is 0 Å². The molecule has 43 heavy (non-hydrogen) atoms. The molecule has 1 saturated heterocycles. The molecule has 1 atom stereocenters. The third-order valence-electron chi connectivity index (χ3n) is 8.07. The Morgan fingerprint density at radius 1 is 1.09 bits per heavy atom. The van der Waals surface area contributed by atoms with E-state index < -0.39 is 6.04 Å². The topological polar surface area (TPSA) is 87.9 Å². The van der Waals surface area contributed by atoms with Crippen molar-refractivity contribution >= 4 is 40.7 Å². The number of carbonyl (C=O) groups is 2. The lowest BCUT2D eigenvalue weighted by Gasteiger charge is -2.38. The highest BCUT2D eigenvalue weighted by atomic mass is 35.5. The van der Waals surface area contributed by atoms with Gasteiger partial charge in [-0.05, 0) is 85.8 Å². The second-order valence-corrected chi connectivity index (χ2v) is 11.9. The van der Waals surface area contributed by atoms with Crippen molar-refractivity contribution in [3.05, 3.63) is 99.2 Å². The van der Waals surface area contributed by atoms with Crippen molar-refractivity contribution < 1.29 is 18.8 Å². The number of hydrogen-bond donors (Lipinski definition) is 1. The average molecular weight is 620 g/mol. The summed E-state index contributed by atoms with van der Waals surface area (Å²) in [5, 5.41) is 8.26. The predicted octanol–water partition coefficient (Wildman–Crippen LogP) is 6.34. The molecule has 0 radical (unpaired) electrons. The molecular formula is C33H32Cl2N4O4. The number of amides is 2. The van der Waals surface area contributed by atoms with Crippen LogP contribution in [0.2, 0.25) is 10.0 Å². The van der Waals surface area contributed by atoms with Gasteiger partial charge >= 0.3 is 0 Å².